The highest BCUT2D eigenvalue weighted by Gasteiger charge is 2.33. The lowest BCUT2D eigenvalue weighted by Crippen LogP contribution is -2.09. The number of benzene rings is 1. The average molecular weight is 296 g/mol. The number of carbonyl (C=O) groups is 1. The van der Waals surface area contributed by atoms with Crippen molar-refractivity contribution < 1.29 is 23.1 Å². The van der Waals surface area contributed by atoms with Crippen molar-refractivity contribution >= 4 is 11.8 Å². The monoisotopic (exact) mass is 296 g/mol. The quantitative estimate of drug-likeness (QED) is 0.913. The third-order valence-electron chi connectivity index (χ3n) is 2.88. The zero-order chi connectivity index (χ0) is 15.6. The first kappa shape index (κ1) is 14.8. The molecule has 2 aromatic rings. The van der Waals surface area contributed by atoms with Crippen molar-refractivity contribution in [3.63, 3.8) is 0 Å². The first-order chi connectivity index (χ1) is 9.79. The summed E-state index contributed by atoms with van der Waals surface area (Å²) < 4.78 is 39.1. The van der Waals surface area contributed by atoms with E-state index in [0.717, 1.165) is 12.3 Å². The Hall–Kier alpha value is -2.57. The summed E-state index contributed by atoms with van der Waals surface area (Å²) in [7, 11) is 0. The number of aromatic nitrogens is 1. The third kappa shape index (κ3) is 3.31. The maximum absolute atomic E-state index is 13.0. The lowest BCUT2D eigenvalue weighted by Gasteiger charge is -2.15. The standard InChI is InChI=1S/C14H11F3N2O2/c15-14(16,17)11-4-2-1-3-9(11)10-7-19-12(18)5-8(10)6-13(20)21/h1-5,7H,6H2,(H2,18,19)(H,20,21). The second-order valence-electron chi connectivity index (χ2n) is 4.38. The van der Waals surface area contributed by atoms with E-state index in [1.54, 1.807) is 0 Å². The number of alkyl halides is 3. The molecule has 0 saturated carbocycles. The van der Waals surface area contributed by atoms with Crippen LogP contribution < -0.4 is 5.73 Å². The number of nitrogens with zero attached hydrogens (tertiary/aromatic N) is 1. The van der Waals surface area contributed by atoms with Crippen LogP contribution in [0.4, 0.5) is 19.0 Å². The molecule has 0 spiro atoms. The Bertz CT molecular complexity index is 684. The van der Waals surface area contributed by atoms with Crippen LogP contribution in [0.1, 0.15) is 11.1 Å². The van der Waals surface area contributed by atoms with E-state index in [-0.39, 0.29) is 22.5 Å². The number of hydrogen-bond acceptors (Lipinski definition) is 3. The second kappa shape index (κ2) is 5.43. The number of hydrogen-bond donors (Lipinski definition) is 2. The van der Waals surface area contributed by atoms with Gasteiger partial charge in [-0.3, -0.25) is 4.79 Å². The molecule has 0 aliphatic rings. The number of pyridine rings is 1. The molecule has 0 bridgehead atoms. The zero-order valence-electron chi connectivity index (χ0n) is 10.7. The van der Waals surface area contributed by atoms with E-state index in [1.807, 2.05) is 0 Å². The lowest BCUT2D eigenvalue weighted by molar-refractivity contribution is -0.137. The van der Waals surface area contributed by atoms with Gasteiger partial charge in [-0.2, -0.15) is 13.2 Å². The summed E-state index contributed by atoms with van der Waals surface area (Å²) in [5.74, 6) is -1.11. The highest BCUT2D eigenvalue weighted by molar-refractivity contribution is 5.78. The van der Waals surface area contributed by atoms with Crippen molar-refractivity contribution in [2.75, 3.05) is 5.73 Å². The smallest absolute Gasteiger partial charge is 0.417 e. The third-order valence-corrected chi connectivity index (χ3v) is 2.88. The number of anilines is 1. The van der Waals surface area contributed by atoms with Gasteiger partial charge in [0, 0.05) is 11.8 Å². The van der Waals surface area contributed by atoms with Crippen molar-refractivity contribution in [1.29, 1.82) is 0 Å². The second-order valence-corrected chi connectivity index (χ2v) is 4.38. The number of rotatable bonds is 3. The van der Waals surface area contributed by atoms with Crippen molar-refractivity contribution in [3.8, 4) is 11.1 Å². The molecule has 4 nitrogen and oxygen atoms in total. The van der Waals surface area contributed by atoms with Gasteiger partial charge in [0.1, 0.15) is 5.82 Å². The Morgan fingerprint density at radius 3 is 2.52 bits per heavy atom. The minimum atomic E-state index is -4.54. The van der Waals surface area contributed by atoms with E-state index in [0.29, 0.717) is 0 Å². The molecule has 0 saturated heterocycles. The molecule has 0 radical (unpaired) electrons. The van der Waals surface area contributed by atoms with Crippen LogP contribution in [0.3, 0.4) is 0 Å². The van der Waals surface area contributed by atoms with Gasteiger partial charge in [-0.05, 0) is 23.3 Å². The van der Waals surface area contributed by atoms with Crippen molar-refractivity contribution in [3.05, 3.63) is 47.7 Å². The molecule has 0 unspecified atom stereocenters. The number of nitrogens with two attached hydrogens (primary N) is 1. The number of carboxylic acids is 1. The largest absolute Gasteiger partial charge is 0.481 e. The van der Waals surface area contributed by atoms with Crippen molar-refractivity contribution in [2.24, 2.45) is 0 Å². The van der Waals surface area contributed by atoms with Crippen LogP contribution >= 0.6 is 0 Å². The predicted molar refractivity (Wildman–Crippen MR) is 70.4 cm³/mol. The van der Waals surface area contributed by atoms with Gasteiger partial charge in [0.05, 0.1) is 12.0 Å². The molecule has 7 heteroatoms. The van der Waals surface area contributed by atoms with E-state index < -0.39 is 24.1 Å². The molecule has 1 heterocycles. The molecular formula is C14H11F3N2O2. The van der Waals surface area contributed by atoms with Crippen LogP contribution in [0.15, 0.2) is 36.5 Å². The summed E-state index contributed by atoms with van der Waals surface area (Å²) in [6.07, 6.45) is -3.81. The fraction of sp³-hybridized carbons (Fsp3) is 0.143. The Labute approximate surface area is 118 Å². The highest BCUT2D eigenvalue weighted by Crippen LogP contribution is 2.38. The number of halogens is 3. The normalized spacial score (nSPS) is 11.4. The molecule has 2 rings (SSSR count). The van der Waals surface area contributed by atoms with Gasteiger partial charge in [-0.1, -0.05) is 18.2 Å². The first-order valence-corrected chi connectivity index (χ1v) is 5.92. The van der Waals surface area contributed by atoms with Gasteiger partial charge < -0.3 is 10.8 Å². The van der Waals surface area contributed by atoms with Crippen LogP contribution in [-0.4, -0.2) is 16.1 Å². The summed E-state index contributed by atoms with van der Waals surface area (Å²) in [5, 5.41) is 8.87. The van der Waals surface area contributed by atoms with Crippen LogP contribution in [-0.2, 0) is 17.4 Å². The van der Waals surface area contributed by atoms with Gasteiger partial charge in [-0.25, -0.2) is 4.98 Å². The zero-order valence-corrected chi connectivity index (χ0v) is 10.7. The van der Waals surface area contributed by atoms with Gasteiger partial charge in [0.25, 0.3) is 0 Å². The number of carboxylic acid groups (broad SMARTS) is 1. The van der Waals surface area contributed by atoms with E-state index in [1.165, 1.54) is 24.3 Å². The average Bonchev–Trinajstić information content (AvgIpc) is 2.37. The Kier molecular flexibility index (Phi) is 3.84. The summed E-state index contributed by atoms with van der Waals surface area (Å²) in [6.45, 7) is 0. The van der Waals surface area contributed by atoms with Gasteiger partial charge in [-0.15, -0.1) is 0 Å². The molecule has 21 heavy (non-hydrogen) atoms. The molecule has 1 aromatic heterocycles. The molecule has 0 fully saturated rings. The Morgan fingerprint density at radius 1 is 1.24 bits per heavy atom. The minimum Gasteiger partial charge on any atom is -0.481 e. The molecular weight excluding hydrogens is 285 g/mol. The number of nitrogen functional groups attached to an aromatic ring is 1. The van der Waals surface area contributed by atoms with Crippen molar-refractivity contribution in [1.82, 2.24) is 4.98 Å². The number of aliphatic carboxylic acids is 1. The minimum absolute atomic E-state index is 0.0551. The summed E-state index contributed by atoms with van der Waals surface area (Å²) in [5.41, 5.74) is 4.82. The van der Waals surface area contributed by atoms with E-state index in [2.05, 4.69) is 4.98 Å². The molecule has 0 amide bonds. The van der Waals surface area contributed by atoms with Crippen LogP contribution in [0.5, 0.6) is 0 Å². The molecule has 0 aliphatic heterocycles. The maximum atomic E-state index is 13.0. The molecule has 0 aliphatic carbocycles. The first-order valence-electron chi connectivity index (χ1n) is 5.92. The summed E-state index contributed by atoms with van der Waals surface area (Å²) in [4.78, 5) is 14.6. The van der Waals surface area contributed by atoms with Crippen LogP contribution in [0, 0.1) is 0 Å². The molecule has 3 N–H and O–H groups in total. The summed E-state index contributed by atoms with van der Waals surface area (Å²) >= 11 is 0. The highest BCUT2D eigenvalue weighted by atomic mass is 19.4. The molecule has 1 aromatic carbocycles. The van der Waals surface area contributed by atoms with Gasteiger partial charge >= 0.3 is 12.1 Å². The topological polar surface area (TPSA) is 76.2 Å². The lowest BCUT2D eigenvalue weighted by atomic mass is 9.95. The predicted octanol–water partition coefficient (Wildman–Crippen LogP) is 2.98. The Morgan fingerprint density at radius 2 is 1.90 bits per heavy atom. The fourth-order valence-electron chi connectivity index (χ4n) is 2.03. The summed E-state index contributed by atoms with van der Waals surface area (Å²) in [6, 6.07) is 6.22. The molecule has 0 atom stereocenters. The van der Waals surface area contributed by atoms with E-state index in [9.17, 15) is 18.0 Å². The SMILES string of the molecule is Nc1cc(CC(=O)O)c(-c2ccccc2C(F)(F)F)cn1. The molecule has 110 valence electrons. The van der Waals surface area contributed by atoms with E-state index >= 15 is 0 Å². The maximum Gasteiger partial charge on any atom is 0.417 e. The van der Waals surface area contributed by atoms with Gasteiger partial charge in [0.2, 0.25) is 0 Å². The van der Waals surface area contributed by atoms with Crippen LogP contribution in [0.2, 0.25) is 0 Å². The fourth-order valence-corrected chi connectivity index (χ4v) is 2.03. The van der Waals surface area contributed by atoms with Gasteiger partial charge in [0.15, 0.2) is 0 Å². The van der Waals surface area contributed by atoms with Crippen molar-refractivity contribution in [2.45, 2.75) is 12.6 Å². The van der Waals surface area contributed by atoms with Crippen LogP contribution in [0.25, 0.3) is 11.1 Å². The van der Waals surface area contributed by atoms with E-state index in [4.69, 9.17) is 10.8 Å². The Balaban J connectivity index is 2.65.